The Morgan fingerprint density at radius 1 is 1.12 bits per heavy atom. The normalized spacial score (nSPS) is 11.0. The molecule has 0 bridgehead atoms. The molecule has 0 unspecified atom stereocenters. The Morgan fingerprint density at radius 3 is 2.25 bits per heavy atom. The van der Waals surface area contributed by atoms with E-state index in [2.05, 4.69) is 10.6 Å². The third kappa shape index (κ3) is 9.45. The zero-order chi connectivity index (χ0) is 12.6. The highest BCUT2D eigenvalue weighted by Gasteiger charge is 2.16. The van der Waals surface area contributed by atoms with Crippen LogP contribution in [0, 0.1) is 5.41 Å². The summed E-state index contributed by atoms with van der Waals surface area (Å²) in [6.45, 7) is 7.09. The number of rotatable bonds is 6. The molecule has 0 saturated heterocycles. The van der Waals surface area contributed by atoms with Crippen molar-refractivity contribution in [2.45, 2.75) is 33.6 Å². The number of hydrogen-bond acceptors (Lipinski definition) is 3. The van der Waals surface area contributed by atoms with Crippen LogP contribution >= 0.6 is 0 Å². The maximum atomic E-state index is 11.4. The molecule has 2 amide bonds. The second kappa shape index (κ2) is 7.22. The molecule has 94 valence electrons. The van der Waals surface area contributed by atoms with Gasteiger partial charge in [0.15, 0.2) is 0 Å². The zero-order valence-corrected chi connectivity index (χ0v) is 10.4. The van der Waals surface area contributed by atoms with E-state index in [1.807, 2.05) is 20.8 Å². The van der Waals surface area contributed by atoms with E-state index >= 15 is 0 Å². The van der Waals surface area contributed by atoms with Crippen molar-refractivity contribution in [3.05, 3.63) is 0 Å². The van der Waals surface area contributed by atoms with Crippen molar-refractivity contribution >= 4 is 11.8 Å². The average molecular weight is 229 g/mol. The molecule has 16 heavy (non-hydrogen) atoms. The molecule has 0 aromatic heterocycles. The molecule has 0 saturated carbocycles. The van der Waals surface area contributed by atoms with Crippen LogP contribution in [0.4, 0.5) is 0 Å². The van der Waals surface area contributed by atoms with Crippen molar-refractivity contribution in [2.24, 2.45) is 11.1 Å². The fraction of sp³-hybridized carbons (Fsp3) is 0.818. The molecule has 5 nitrogen and oxygen atoms in total. The third-order valence-electron chi connectivity index (χ3n) is 1.84. The third-order valence-corrected chi connectivity index (χ3v) is 1.84. The van der Waals surface area contributed by atoms with E-state index in [9.17, 15) is 9.59 Å². The molecule has 0 aromatic carbocycles. The molecule has 0 aliphatic rings. The van der Waals surface area contributed by atoms with Crippen LogP contribution in [0.1, 0.15) is 33.6 Å². The number of carbonyl (C=O) groups is 2. The highest BCUT2D eigenvalue weighted by Crippen LogP contribution is 2.17. The van der Waals surface area contributed by atoms with Crippen molar-refractivity contribution in [2.75, 3.05) is 19.6 Å². The minimum Gasteiger partial charge on any atom is -0.355 e. The Hall–Kier alpha value is -1.10. The quantitative estimate of drug-likeness (QED) is 0.561. The SMILES string of the molecule is CC(C)(C)CC(=O)NCC(=O)NCCCN. The number of nitrogens with one attached hydrogen (secondary N) is 2. The fourth-order valence-electron chi connectivity index (χ4n) is 1.12. The first-order chi connectivity index (χ1) is 7.35. The van der Waals surface area contributed by atoms with E-state index < -0.39 is 0 Å². The summed E-state index contributed by atoms with van der Waals surface area (Å²) >= 11 is 0. The molecule has 0 spiro atoms. The molecular weight excluding hydrogens is 206 g/mol. The van der Waals surface area contributed by atoms with E-state index in [1.54, 1.807) is 0 Å². The van der Waals surface area contributed by atoms with Crippen molar-refractivity contribution in [1.82, 2.24) is 10.6 Å². The van der Waals surface area contributed by atoms with E-state index in [-0.39, 0.29) is 23.8 Å². The van der Waals surface area contributed by atoms with Gasteiger partial charge >= 0.3 is 0 Å². The van der Waals surface area contributed by atoms with Gasteiger partial charge in [-0.25, -0.2) is 0 Å². The van der Waals surface area contributed by atoms with Gasteiger partial charge in [-0.05, 0) is 18.4 Å². The average Bonchev–Trinajstić information content (AvgIpc) is 2.12. The largest absolute Gasteiger partial charge is 0.355 e. The summed E-state index contributed by atoms with van der Waals surface area (Å²) in [6, 6.07) is 0. The molecule has 0 aliphatic carbocycles. The number of carbonyl (C=O) groups excluding carboxylic acids is 2. The fourth-order valence-corrected chi connectivity index (χ4v) is 1.12. The maximum absolute atomic E-state index is 11.4. The van der Waals surface area contributed by atoms with Crippen molar-refractivity contribution < 1.29 is 9.59 Å². The summed E-state index contributed by atoms with van der Waals surface area (Å²) in [5.74, 6) is -0.266. The molecule has 0 aliphatic heterocycles. The van der Waals surface area contributed by atoms with Gasteiger partial charge in [0.05, 0.1) is 6.54 Å². The van der Waals surface area contributed by atoms with Crippen LogP contribution in [-0.4, -0.2) is 31.4 Å². The van der Waals surface area contributed by atoms with Gasteiger partial charge in [-0.3, -0.25) is 9.59 Å². The van der Waals surface area contributed by atoms with Crippen LogP contribution in [0.15, 0.2) is 0 Å². The predicted molar refractivity (Wildman–Crippen MR) is 63.8 cm³/mol. The Bertz CT molecular complexity index is 234. The van der Waals surface area contributed by atoms with E-state index in [0.29, 0.717) is 19.5 Å². The monoisotopic (exact) mass is 229 g/mol. The van der Waals surface area contributed by atoms with E-state index in [4.69, 9.17) is 5.73 Å². The van der Waals surface area contributed by atoms with Gasteiger partial charge in [0.25, 0.3) is 0 Å². The summed E-state index contributed by atoms with van der Waals surface area (Å²) in [5.41, 5.74) is 5.23. The Morgan fingerprint density at radius 2 is 1.75 bits per heavy atom. The van der Waals surface area contributed by atoms with E-state index in [1.165, 1.54) is 0 Å². The van der Waals surface area contributed by atoms with Crippen molar-refractivity contribution in [1.29, 1.82) is 0 Å². The van der Waals surface area contributed by atoms with Gasteiger partial charge in [-0.2, -0.15) is 0 Å². The smallest absolute Gasteiger partial charge is 0.239 e. The minimum atomic E-state index is -0.171. The van der Waals surface area contributed by atoms with Crippen LogP contribution in [0.25, 0.3) is 0 Å². The van der Waals surface area contributed by atoms with Gasteiger partial charge in [0, 0.05) is 13.0 Å². The Kier molecular flexibility index (Phi) is 6.72. The molecule has 0 rings (SSSR count). The van der Waals surface area contributed by atoms with Crippen LogP contribution in [0.3, 0.4) is 0 Å². The Balaban J connectivity index is 3.63. The molecule has 0 aromatic rings. The summed E-state index contributed by atoms with van der Waals surface area (Å²) < 4.78 is 0. The first kappa shape index (κ1) is 14.9. The molecule has 5 heteroatoms. The molecule has 0 radical (unpaired) electrons. The standard InChI is InChI=1S/C11H23N3O2/c1-11(2,3)7-9(15)14-8-10(16)13-6-4-5-12/h4-8,12H2,1-3H3,(H,13,16)(H,14,15). The van der Waals surface area contributed by atoms with Crippen LogP contribution in [0.5, 0.6) is 0 Å². The summed E-state index contributed by atoms with van der Waals surface area (Å²) in [7, 11) is 0. The molecule has 0 atom stereocenters. The lowest BCUT2D eigenvalue weighted by Gasteiger charge is -2.17. The topological polar surface area (TPSA) is 84.2 Å². The van der Waals surface area contributed by atoms with Gasteiger partial charge in [0.2, 0.25) is 11.8 Å². The number of nitrogens with two attached hydrogens (primary N) is 1. The van der Waals surface area contributed by atoms with Gasteiger partial charge in [-0.1, -0.05) is 20.8 Å². The second-order valence-corrected chi connectivity index (χ2v) is 5.01. The first-order valence-corrected chi connectivity index (χ1v) is 5.58. The lowest BCUT2D eigenvalue weighted by Crippen LogP contribution is -2.38. The van der Waals surface area contributed by atoms with Crippen molar-refractivity contribution in [3.8, 4) is 0 Å². The number of hydrogen-bond donors (Lipinski definition) is 3. The van der Waals surface area contributed by atoms with Crippen molar-refractivity contribution in [3.63, 3.8) is 0 Å². The summed E-state index contributed by atoms with van der Waals surface area (Å²) in [6.07, 6.45) is 1.17. The summed E-state index contributed by atoms with van der Waals surface area (Å²) in [4.78, 5) is 22.6. The number of amides is 2. The molecule has 0 heterocycles. The minimum absolute atomic E-state index is 0.0412. The highest BCUT2D eigenvalue weighted by molar-refractivity contribution is 5.84. The van der Waals surface area contributed by atoms with Gasteiger partial charge in [0.1, 0.15) is 0 Å². The van der Waals surface area contributed by atoms with Gasteiger partial charge < -0.3 is 16.4 Å². The molecular formula is C11H23N3O2. The second-order valence-electron chi connectivity index (χ2n) is 5.01. The lowest BCUT2D eigenvalue weighted by molar-refractivity contribution is -0.127. The van der Waals surface area contributed by atoms with Crippen LogP contribution in [-0.2, 0) is 9.59 Å². The zero-order valence-electron chi connectivity index (χ0n) is 10.4. The van der Waals surface area contributed by atoms with Crippen LogP contribution < -0.4 is 16.4 Å². The van der Waals surface area contributed by atoms with E-state index in [0.717, 1.165) is 6.42 Å². The maximum Gasteiger partial charge on any atom is 0.239 e. The lowest BCUT2D eigenvalue weighted by atomic mass is 9.92. The summed E-state index contributed by atoms with van der Waals surface area (Å²) in [5, 5.41) is 5.25. The highest BCUT2D eigenvalue weighted by atomic mass is 16.2. The molecule has 0 fully saturated rings. The first-order valence-electron chi connectivity index (χ1n) is 5.58. The predicted octanol–water partition coefficient (Wildman–Crippen LogP) is 0.00380. The van der Waals surface area contributed by atoms with Crippen LogP contribution in [0.2, 0.25) is 0 Å². The molecule has 4 N–H and O–H groups in total. The Labute approximate surface area is 97.2 Å². The van der Waals surface area contributed by atoms with Gasteiger partial charge in [-0.15, -0.1) is 0 Å².